The van der Waals surface area contributed by atoms with Gasteiger partial charge in [0.25, 0.3) is 0 Å². The summed E-state index contributed by atoms with van der Waals surface area (Å²) in [4.78, 5) is 6.86. The molecule has 158 valence electrons. The van der Waals surface area contributed by atoms with Crippen LogP contribution in [0.5, 0.6) is 11.5 Å². The van der Waals surface area contributed by atoms with Gasteiger partial charge in [-0.25, -0.2) is 4.98 Å². The maximum atomic E-state index is 9.36. The molecule has 2 aromatic carbocycles. The molecule has 3 aromatic rings. The molecular formula is C24H29N3O3. The van der Waals surface area contributed by atoms with Crippen LogP contribution in [0.1, 0.15) is 29.2 Å². The number of nitrogens with zero attached hydrogens (tertiary/aromatic N) is 2. The number of aliphatic hydroxyl groups excluding tert-OH is 1. The van der Waals surface area contributed by atoms with E-state index in [1.807, 2.05) is 36.4 Å². The average molecular weight is 408 g/mol. The summed E-state index contributed by atoms with van der Waals surface area (Å²) in [5.74, 6) is 2.47. The monoisotopic (exact) mass is 407 g/mol. The van der Waals surface area contributed by atoms with Crippen LogP contribution in [0.25, 0.3) is 0 Å². The normalized spacial score (nSPS) is 11.7. The summed E-state index contributed by atoms with van der Waals surface area (Å²) in [5.41, 5.74) is 9.54. The van der Waals surface area contributed by atoms with E-state index >= 15 is 0 Å². The highest BCUT2D eigenvalue weighted by atomic mass is 16.5. The second-order valence-electron chi connectivity index (χ2n) is 7.09. The molecule has 0 aliphatic carbocycles. The highest BCUT2D eigenvalue weighted by molar-refractivity contribution is 5.50. The highest BCUT2D eigenvalue weighted by Gasteiger charge is 2.18. The fourth-order valence-corrected chi connectivity index (χ4v) is 3.37. The molecule has 0 saturated heterocycles. The molecule has 0 bridgehead atoms. The van der Waals surface area contributed by atoms with Crippen molar-refractivity contribution in [3.05, 3.63) is 83.6 Å². The molecule has 3 rings (SSSR count). The van der Waals surface area contributed by atoms with Crippen molar-refractivity contribution in [2.45, 2.75) is 25.6 Å². The molecular weight excluding hydrogens is 378 g/mol. The van der Waals surface area contributed by atoms with Crippen molar-refractivity contribution in [3.63, 3.8) is 0 Å². The van der Waals surface area contributed by atoms with Crippen molar-refractivity contribution in [3.8, 4) is 11.5 Å². The quantitative estimate of drug-likeness (QED) is 0.534. The van der Waals surface area contributed by atoms with Gasteiger partial charge in [-0.2, -0.15) is 0 Å². The first-order valence-electron chi connectivity index (χ1n) is 9.96. The zero-order chi connectivity index (χ0) is 21.3. The number of ether oxygens (including phenoxy) is 2. The maximum absolute atomic E-state index is 9.36. The van der Waals surface area contributed by atoms with E-state index in [1.54, 1.807) is 20.4 Å². The number of aromatic nitrogens is 1. The van der Waals surface area contributed by atoms with E-state index in [0.29, 0.717) is 19.5 Å². The highest BCUT2D eigenvalue weighted by Crippen LogP contribution is 2.28. The van der Waals surface area contributed by atoms with Crippen LogP contribution in [0.4, 0.5) is 5.82 Å². The van der Waals surface area contributed by atoms with Gasteiger partial charge in [0.15, 0.2) is 0 Å². The van der Waals surface area contributed by atoms with Gasteiger partial charge in [0.2, 0.25) is 0 Å². The first-order valence-corrected chi connectivity index (χ1v) is 9.96. The molecule has 3 N–H and O–H groups in total. The molecule has 6 heteroatoms. The predicted octanol–water partition coefficient (Wildman–Crippen LogP) is 3.69. The molecule has 30 heavy (non-hydrogen) atoms. The van der Waals surface area contributed by atoms with Crippen molar-refractivity contribution in [1.82, 2.24) is 4.98 Å². The Kier molecular flexibility index (Phi) is 7.65. The molecule has 0 radical (unpaired) electrons. The summed E-state index contributed by atoms with van der Waals surface area (Å²) >= 11 is 0. The van der Waals surface area contributed by atoms with Crippen LogP contribution in [-0.4, -0.2) is 30.9 Å². The van der Waals surface area contributed by atoms with Crippen LogP contribution in [-0.2, 0) is 13.1 Å². The molecule has 6 nitrogen and oxygen atoms in total. The molecule has 0 unspecified atom stereocenters. The Morgan fingerprint density at radius 1 is 0.900 bits per heavy atom. The maximum Gasteiger partial charge on any atom is 0.133 e. The molecule has 0 aliphatic rings. The summed E-state index contributed by atoms with van der Waals surface area (Å²) in [6.07, 6.45) is 2.26. The van der Waals surface area contributed by atoms with Gasteiger partial charge in [0, 0.05) is 37.5 Å². The fourth-order valence-electron chi connectivity index (χ4n) is 3.37. The molecule has 1 heterocycles. The minimum absolute atomic E-state index is 0.0342. The van der Waals surface area contributed by atoms with Gasteiger partial charge < -0.3 is 25.2 Å². The van der Waals surface area contributed by atoms with Crippen LogP contribution in [0.15, 0.2) is 66.9 Å². The molecule has 0 aliphatic heterocycles. The first kappa shape index (κ1) is 21.6. The van der Waals surface area contributed by atoms with E-state index in [4.69, 9.17) is 15.2 Å². The minimum atomic E-state index is -0.284. The van der Waals surface area contributed by atoms with Crippen LogP contribution in [0.3, 0.4) is 0 Å². The number of hydrogen-bond donors (Lipinski definition) is 2. The summed E-state index contributed by atoms with van der Waals surface area (Å²) < 4.78 is 10.6. The van der Waals surface area contributed by atoms with Gasteiger partial charge in [-0.1, -0.05) is 30.3 Å². The van der Waals surface area contributed by atoms with Crippen LogP contribution < -0.4 is 20.1 Å². The standard InChI is InChI=1S/C24H29N3O3/c1-29-20-9-5-18(6-10-20)16-27(17-19-7-11-21(30-2)12-8-19)24-22(4-3-14-26-24)23(25)13-15-28/h3-12,14,23,28H,13,15-17,25H2,1-2H3/t23-/m1/s1. The Morgan fingerprint density at radius 3 is 1.90 bits per heavy atom. The second kappa shape index (κ2) is 10.6. The second-order valence-corrected chi connectivity index (χ2v) is 7.09. The van der Waals surface area contributed by atoms with E-state index in [9.17, 15) is 5.11 Å². The zero-order valence-electron chi connectivity index (χ0n) is 17.5. The smallest absolute Gasteiger partial charge is 0.133 e. The first-order chi connectivity index (χ1) is 14.6. The fraction of sp³-hybridized carbons (Fsp3) is 0.292. The molecule has 0 fully saturated rings. The number of nitrogens with two attached hydrogens (primary N) is 1. The SMILES string of the molecule is COc1ccc(CN(Cc2ccc(OC)cc2)c2ncccc2[C@H](N)CCO)cc1. The Bertz CT molecular complexity index is 864. The average Bonchev–Trinajstić information content (AvgIpc) is 2.80. The lowest BCUT2D eigenvalue weighted by atomic mass is 10.0. The van der Waals surface area contributed by atoms with E-state index < -0.39 is 0 Å². The van der Waals surface area contributed by atoms with Crippen molar-refractivity contribution in [2.24, 2.45) is 5.73 Å². The van der Waals surface area contributed by atoms with Crippen molar-refractivity contribution >= 4 is 5.82 Å². The third kappa shape index (κ3) is 5.49. The Balaban J connectivity index is 1.93. The molecule has 1 atom stereocenters. The molecule has 0 spiro atoms. The van der Waals surface area contributed by atoms with Crippen molar-refractivity contribution < 1.29 is 14.6 Å². The van der Waals surface area contributed by atoms with E-state index in [2.05, 4.69) is 34.1 Å². The van der Waals surface area contributed by atoms with E-state index in [1.165, 1.54) is 0 Å². The number of methoxy groups -OCH3 is 2. The summed E-state index contributed by atoms with van der Waals surface area (Å²) in [5, 5.41) is 9.36. The minimum Gasteiger partial charge on any atom is -0.497 e. The topological polar surface area (TPSA) is 80.8 Å². The number of benzene rings is 2. The Labute approximate surface area is 177 Å². The molecule has 0 amide bonds. The Hall–Kier alpha value is -3.09. The number of hydrogen-bond acceptors (Lipinski definition) is 6. The van der Waals surface area contributed by atoms with Gasteiger partial charge in [0.1, 0.15) is 17.3 Å². The third-order valence-corrected chi connectivity index (χ3v) is 5.02. The summed E-state index contributed by atoms with van der Waals surface area (Å²) in [7, 11) is 3.32. The Morgan fingerprint density at radius 2 is 1.43 bits per heavy atom. The van der Waals surface area contributed by atoms with Gasteiger partial charge >= 0.3 is 0 Å². The number of anilines is 1. The largest absolute Gasteiger partial charge is 0.497 e. The lowest BCUT2D eigenvalue weighted by Gasteiger charge is -2.28. The van der Waals surface area contributed by atoms with Crippen LogP contribution in [0.2, 0.25) is 0 Å². The lowest BCUT2D eigenvalue weighted by Crippen LogP contribution is -2.26. The van der Waals surface area contributed by atoms with E-state index in [0.717, 1.165) is 34.0 Å². The zero-order valence-corrected chi connectivity index (χ0v) is 17.5. The van der Waals surface area contributed by atoms with Gasteiger partial charge in [-0.15, -0.1) is 0 Å². The molecule has 1 aromatic heterocycles. The van der Waals surface area contributed by atoms with Crippen LogP contribution >= 0.6 is 0 Å². The summed E-state index contributed by atoms with van der Waals surface area (Å²) in [6, 6.07) is 19.6. The number of aliphatic hydroxyl groups is 1. The van der Waals surface area contributed by atoms with Crippen molar-refractivity contribution in [1.29, 1.82) is 0 Å². The number of pyridine rings is 1. The van der Waals surface area contributed by atoms with Gasteiger partial charge in [0.05, 0.1) is 14.2 Å². The lowest BCUT2D eigenvalue weighted by molar-refractivity contribution is 0.276. The van der Waals surface area contributed by atoms with Crippen LogP contribution in [0, 0.1) is 0 Å². The van der Waals surface area contributed by atoms with Gasteiger partial charge in [-0.3, -0.25) is 0 Å². The number of rotatable bonds is 10. The van der Waals surface area contributed by atoms with E-state index in [-0.39, 0.29) is 12.6 Å². The third-order valence-electron chi connectivity index (χ3n) is 5.02. The van der Waals surface area contributed by atoms with Crippen molar-refractivity contribution in [2.75, 3.05) is 25.7 Å². The molecule has 0 saturated carbocycles. The predicted molar refractivity (Wildman–Crippen MR) is 119 cm³/mol. The summed E-state index contributed by atoms with van der Waals surface area (Å²) in [6.45, 7) is 1.35. The van der Waals surface area contributed by atoms with Gasteiger partial charge in [-0.05, 0) is 47.9 Å².